The van der Waals surface area contributed by atoms with Gasteiger partial charge >= 0.3 is 11.9 Å². The average molecular weight is 821 g/mol. The van der Waals surface area contributed by atoms with Gasteiger partial charge in [0.05, 0.1) is 19.6 Å². The maximum atomic E-state index is 12.7. The Morgan fingerprint density at radius 3 is 1.05 bits per heavy atom. The second kappa shape index (κ2) is 48.6. The summed E-state index contributed by atoms with van der Waals surface area (Å²) in [6.45, 7) is 7.03. The number of hydrogen-bond donors (Lipinski definition) is 0. The van der Waals surface area contributed by atoms with Crippen LogP contribution in [0.5, 0.6) is 0 Å². The summed E-state index contributed by atoms with van der Waals surface area (Å²) >= 11 is 0. The van der Waals surface area contributed by atoms with Crippen LogP contribution in [0, 0.1) is 0 Å². The minimum absolute atomic E-state index is 0.0408. The molecule has 0 heterocycles. The predicted molar refractivity (Wildman–Crippen MR) is 260 cm³/mol. The smallest absolute Gasteiger partial charge is 0.309 e. The second-order valence-corrected chi connectivity index (χ2v) is 13.8. The van der Waals surface area contributed by atoms with Gasteiger partial charge in [0.1, 0.15) is 6.61 Å². The van der Waals surface area contributed by atoms with Gasteiger partial charge in [-0.25, -0.2) is 0 Å². The number of esters is 2. The highest BCUT2D eigenvalue weighted by molar-refractivity contribution is 5.71. The predicted octanol–water partition coefficient (Wildman–Crippen LogP) is 15.3. The first kappa shape index (κ1) is 55.3. The Balaban J connectivity index is 4.66. The molecule has 5 nitrogen and oxygen atoms in total. The summed E-state index contributed by atoms with van der Waals surface area (Å²) in [5.74, 6) is -0.700. The molecular weight excluding hydrogens is 741 g/mol. The van der Waals surface area contributed by atoms with Crippen molar-refractivity contribution in [2.45, 2.75) is 142 Å². The molecule has 0 amide bonds. The highest BCUT2D eigenvalue weighted by atomic mass is 16.6. The number of rotatable bonds is 38. The van der Waals surface area contributed by atoms with Crippen molar-refractivity contribution in [1.29, 1.82) is 0 Å². The van der Waals surface area contributed by atoms with Crippen LogP contribution in [0.25, 0.3) is 0 Å². The molecule has 0 rings (SSSR count). The fourth-order valence-corrected chi connectivity index (χ4v) is 5.07. The van der Waals surface area contributed by atoms with E-state index >= 15 is 0 Å². The monoisotopic (exact) mass is 821 g/mol. The third-order valence-corrected chi connectivity index (χ3v) is 8.29. The first-order valence-corrected chi connectivity index (χ1v) is 22.7. The molecule has 0 aromatic carbocycles. The number of ether oxygens (including phenoxy) is 3. The second-order valence-electron chi connectivity index (χ2n) is 13.8. The first-order chi connectivity index (χ1) is 29.6. The molecule has 0 aliphatic rings. The average Bonchev–Trinajstić information content (AvgIpc) is 3.25. The third-order valence-electron chi connectivity index (χ3n) is 8.29. The molecule has 0 spiro atoms. The Morgan fingerprint density at radius 2 is 0.683 bits per heavy atom. The van der Waals surface area contributed by atoms with Gasteiger partial charge in [0.25, 0.3) is 0 Å². The Kier molecular flexibility index (Phi) is 44.8. The molecule has 330 valence electrons. The molecular formula is C55H80O5. The lowest BCUT2D eigenvalue weighted by molar-refractivity contribution is -0.162. The molecule has 0 aromatic rings. The van der Waals surface area contributed by atoms with E-state index in [0.29, 0.717) is 13.0 Å². The zero-order chi connectivity index (χ0) is 43.5. The molecule has 1 atom stereocenters. The van der Waals surface area contributed by atoms with Crippen LogP contribution in [0.3, 0.4) is 0 Å². The molecule has 0 N–H and O–H groups in total. The lowest BCUT2D eigenvalue weighted by Gasteiger charge is -2.18. The SMILES string of the molecule is CC/C=C\C/C=C\C/C=C\C/C=C\C/C=C\CCOCC(COC(=O)C/C=C\C/C=C\C/C=C\C/C=C\C/C=C\CC)OC(=O)CC/C=C\C/C=C\C/C=C\C/C=C\CC. The Bertz CT molecular complexity index is 1440. The summed E-state index contributed by atoms with van der Waals surface area (Å²) in [6.07, 6.45) is 74.1. The fourth-order valence-electron chi connectivity index (χ4n) is 5.07. The van der Waals surface area contributed by atoms with Gasteiger partial charge in [-0.2, -0.15) is 0 Å². The standard InChI is InChI=1S/C55H80O5/c1-4-7-10-13-16-19-22-25-27-29-32-35-38-41-44-47-50-58-51-53(60-55(57)49-46-43-40-37-34-30-24-21-18-15-12-9-6-3)52-59-54(56)48-45-42-39-36-33-31-28-26-23-20-17-14-11-8-5-2/h7-12,16-21,25-28,30,32-36,40-45,53H,4-6,13-15,22-24,29,31,37-39,46-52H2,1-3H3/b10-7-,11-8-,12-9-,19-16-,20-17-,21-18-,27-25-,28-26-,34-30-,35-32-,36-33-,43-40-,44-41-,45-42-. The van der Waals surface area contributed by atoms with Crippen LogP contribution in [-0.2, 0) is 23.8 Å². The van der Waals surface area contributed by atoms with Crippen LogP contribution >= 0.6 is 0 Å². The van der Waals surface area contributed by atoms with Gasteiger partial charge in [-0.3, -0.25) is 9.59 Å². The normalized spacial score (nSPS) is 13.8. The molecule has 1 unspecified atom stereocenters. The summed E-state index contributed by atoms with van der Waals surface area (Å²) in [5, 5.41) is 0. The molecule has 0 saturated carbocycles. The van der Waals surface area contributed by atoms with E-state index in [9.17, 15) is 9.59 Å². The van der Waals surface area contributed by atoms with Crippen molar-refractivity contribution in [1.82, 2.24) is 0 Å². The number of hydrogen-bond acceptors (Lipinski definition) is 5. The van der Waals surface area contributed by atoms with Crippen molar-refractivity contribution in [3.8, 4) is 0 Å². The van der Waals surface area contributed by atoms with Crippen LogP contribution < -0.4 is 0 Å². The molecule has 60 heavy (non-hydrogen) atoms. The number of allylic oxidation sites excluding steroid dienone is 26. The minimum atomic E-state index is -0.666. The summed E-state index contributed by atoms with van der Waals surface area (Å²) in [5.41, 5.74) is 0. The number of carbonyl (C=O) groups excluding carboxylic acids is 2. The van der Waals surface area contributed by atoms with E-state index in [1.54, 1.807) is 0 Å². The van der Waals surface area contributed by atoms with Crippen molar-refractivity contribution in [2.24, 2.45) is 0 Å². The quantitative estimate of drug-likeness (QED) is 0.0353. The molecule has 0 bridgehead atoms. The van der Waals surface area contributed by atoms with Crippen LogP contribution in [0.2, 0.25) is 0 Å². The van der Waals surface area contributed by atoms with Crippen molar-refractivity contribution < 1.29 is 23.8 Å². The number of carbonyl (C=O) groups is 2. The summed E-state index contributed by atoms with van der Waals surface area (Å²) in [4.78, 5) is 25.2. The van der Waals surface area contributed by atoms with Gasteiger partial charge in [0.15, 0.2) is 6.10 Å². The van der Waals surface area contributed by atoms with Crippen molar-refractivity contribution in [3.63, 3.8) is 0 Å². The van der Waals surface area contributed by atoms with E-state index in [-0.39, 0.29) is 38.0 Å². The summed E-state index contributed by atoms with van der Waals surface area (Å²) in [6, 6.07) is 0. The van der Waals surface area contributed by atoms with Gasteiger partial charge in [0.2, 0.25) is 0 Å². The molecule has 0 saturated heterocycles. The summed E-state index contributed by atoms with van der Waals surface area (Å²) < 4.78 is 17.0. The van der Waals surface area contributed by atoms with Crippen LogP contribution in [0.15, 0.2) is 170 Å². The summed E-state index contributed by atoms with van der Waals surface area (Å²) in [7, 11) is 0. The van der Waals surface area contributed by atoms with Crippen LogP contribution in [0.4, 0.5) is 0 Å². The van der Waals surface area contributed by atoms with E-state index in [1.807, 2.05) is 18.2 Å². The Morgan fingerprint density at radius 1 is 0.367 bits per heavy atom. The van der Waals surface area contributed by atoms with E-state index in [0.717, 1.165) is 96.3 Å². The zero-order valence-electron chi connectivity index (χ0n) is 37.6. The highest BCUT2D eigenvalue weighted by Crippen LogP contribution is 2.05. The van der Waals surface area contributed by atoms with Gasteiger partial charge < -0.3 is 14.2 Å². The van der Waals surface area contributed by atoms with E-state index in [4.69, 9.17) is 14.2 Å². The van der Waals surface area contributed by atoms with E-state index in [2.05, 4.69) is 173 Å². The largest absolute Gasteiger partial charge is 0.461 e. The first-order valence-electron chi connectivity index (χ1n) is 22.7. The van der Waals surface area contributed by atoms with Crippen molar-refractivity contribution in [3.05, 3.63) is 170 Å². The maximum Gasteiger partial charge on any atom is 0.309 e. The van der Waals surface area contributed by atoms with Crippen molar-refractivity contribution in [2.75, 3.05) is 19.8 Å². The van der Waals surface area contributed by atoms with Crippen LogP contribution in [0.1, 0.15) is 136 Å². The Hall–Kier alpha value is -4.74. The van der Waals surface area contributed by atoms with Gasteiger partial charge in [-0.15, -0.1) is 0 Å². The maximum absolute atomic E-state index is 12.7. The Labute approximate surface area is 366 Å². The van der Waals surface area contributed by atoms with Gasteiger partial charge in [-0.05, 0) is 103 Å². The van der Waals surface area contributed by atoms with Gasteiger partial charge in [-0.1, -0.05) is 191 Å². The molecule has 0 aliphatic heterocycles. The highest BCUT2D eigenvalue weighted by Gasteiger charge is 2.17. The fraction of sp³-hybridized carbons (Fsp3) is 0.455. The van der Waals surface area contributed by atoms with Gasteiger partial charge in [0, 0.05) is 6.42 Å². The lowest BCUT2D eigenvalue weighted by Crippen LogP contribution is -2.29. The zero-order valence-corrected chi connectivity index (χ0v) is 37.6. The third kappa shape index (κ3) is 46.0. The van der Waals surface area contributed by atoms with E-state index in [1.165, 1.54) is 0 Å². The molecule has 0 aliphatic carbocycles. The van der Waals surface area contributed by atoms with Crippen molar-refractivity contribution >= 4 is 11.9 Å². The molecule has 0 radical (unpaired) electrons. The lowest BCUT2D eigenvalue weighted by atomic mass is 10.2. The van der Waals surface area contributed by atoms with Crippen LogP contribution in [-0.4, -0.2) is 37.9 Å². The van der Waals surface area contributed by atoms with E-state index < -0.39 is 6.10 Å². The minimum Gasteiger partial charge on any atom is -0.461 e. The molecule has 5 heteroatoms. The topological polar surface area (TPSA) is 61.8 Å². The molecule has 0 aromatic heterocycles. The molecule has 0 fully saturated rings.